The molecule has 0 amide bonds. The van der Waals surface area contributed by atoms with Crippen molar-refractivity contribution in [2.24, 2.45) is 17.3 Å². The van der Waals surface area contributed by atoms with Gasteiger partial charge in [0.05, 0.1) is 0 Å². The average molecular weight is 395 g/mol. The van der Waals surface area contributed by atoms with Crippen molar-refractivity contribution in [3.05, 3.63) is 47.1 Å². The Morgan fingerprint density at radius 3 is 2.31 bits per heavy atom. The molecule has 0 aromatic heterocycles. The van der Waals surface area contributed by atoms with Gasteiger partial charge in [-0.3, -0.25) is 0 Å². The van der Waals surface area contributed by atoms with Crippen LogP contribution in [0.25, 0.3) is 0 Å². The number of allylic oxidation sites excluding steroid dienone is 4. The summed E-state index contributed by atoms with van der Waals surface area (Å²) in [6.45, 7) is 9.12. The lowest BCUT2D eigenvalue weighted by Crippen LogP contribution is -2.50. The molecule has 29 heavy (non-hydrogen) atoms. The van der Waals surface area contributed by atoms with Gasteiger partial charge in [0.2, 0.25) is 0 Å². The van der Waals surface area contributed by atoms with Gasteiger partial charge in [-0.25, -0.2) is 0 Å². The van der Waals surface area contributed by atoms with Crippen LogP contribution in [0.15, 0.2) is 35.9 Å². The van der Waals surface area contributed by atoms with Gasteiger partial charge in [0.25, 0.3) is 0 Å². The highest BCUT2D eigenvalue weighted by molar-refractivity contribution is 5.54. The summed E-state index contributed by atoms with van der Waals surface area (Å²) < 4.78 is 0. The first-order chi connectivity index (χ1) is 13.8. The summed E-state index contributed by atoms with van der Waals surface area (Å²) in [6.07, 6.45) is 16.3. The minimum atomic E-state index is -0.0274. The van der Waals surface area contributed by atoms with Gasteiger partial charge >= 0.3 is 0 Å². The summed E-state index contributed by atoms with van der Waals surface area (Å²) in [4.78, 5) is 0. The largest absolute Gasteiger partial charge is 0.507 e. The van der Waals surface area contributed by atoms with Crippen LogP contribution in [0.4, 0.5) is 0 Å². The zero-order valence-electron chi connectivity index (χ0n) is 18.7. The van der Waals surface area contributed by atoms with Crippen molar-refractivity contribution in [1.82, 2.24) is 0 Å². The molecule has 0 saturated heterocycles. The van der Waals surface area contributed by atoms with Crippen molar-refractivity contribution in [3.8, 4) is 11.5 Å². The number of unbranched alkanes of at least 4 members (excludes halogenated alkanes) is 2. The molecule has 2 bridgehead atoms. The van der Waals surface area contributed by atoms with Gasteiger partial charge in [0.15, 0.2) is 0 Å². The Hall–Kier alpha value is -1.70. The van der Waals surface area contributed by atoms with E-state index >= 15 is 0 Å². The maximum absolute atomic E-state index is 11.1. The maximum atomic E-state index is 11.1. The Bertz CT molecular complexity index is 800. The van der Waals surface area contributed by atoms with Gasteiger partial charge in [0, 0.05) is 16.9 Å². The number of rotatable bonds is 6. The third kappa shape index (κ3) is 3.33. The van der Waals surface area contributed by atoms with Crippen LogP contribution in [0, 0.1) is 17.3 Å². The topological polar surface area (TPSA) is 40.5 Å². The van der Waals surface area contributed by atoms with Gasteiger partial charge in [-0.15, -0.1) is 0 Å². The van der Waals surface area contributed by atoms with E-state index in [1.54, 1.807) is 0 Å². The molecule has 158 valence electrons. The van der Waals surface area contributed by atoms with Crippen LogP contribution in [0.2, 0.25) is 0 Å². The SMILES string of the molecule is CCCC/C=C\C1(c2cc(O)c([C@@H]3C=C(C)[C@@H]4C[C@H]3C4(C)C)c(O)c2)CCCC1. The predicted octanol–water partition coefficient (Wildman–Crippen LogP) is 7.36. The van der Waals surface area contributed by atoms with Crippen molar-refractivity contribution in [2.45, 2.75) is 90.4 Å². The zero-order chi connectivity index (χ0) is 20.8. The minimum absolute atomic E-state index is 0.0274. The Morgan fingerprint density at radius 1 is 1.10 bits per heavy atom. The molecule has 0 radical (unpaired) electrons. The highest BCUT2D eigenvalue weighted by Gasteiger charge is 2.55. The predicted molar refractivity (Wildman–Crippen MR) is 120 cm³/mol. The lowest BCUT2D eigenvalue weighted by atomic mass is 9.45. The van der Waals surface area contributed by atoms with Gasteiger partial charge in [-0.1, -0.05) is 70.3 Å². The van der Waals surface area contributed by atoms with E-state index in [2.05, 4.69) is 45.9 Å². The molecule has 0 aliphatic heterocycles. The minimum Gasteiger partial charge on any atom is -0.507 e. The van der Waals surface area contributed by atoms with Crippen LogP contribution in [0.1, 0.15) is 96.1 Å². The van der Waals surface area contributed by atoms with E-state index in [-0.39, 0.29) is 28.2 Å². The van der Waals surface area contributed by atoms with Gasteiger partial charge in [-0.05, 0) is 67.6 Å². The third-order valence-corrected chi connectivity index (χ3v) is 8.47. The number of fused-ring (bicyclic) bond motifs is 1. The van der Waals surface area contributed by atoms with E-state index in [1.165, 1.54) is 37.7 Å². The molecule has 0 unspecified atom stereocenters. The first-order valence-electron chi connectivity index (χ1n) is 11.7. The molecule has 1 aromatic rings. The van der Waals surface area contributed by atoms with E-state index in [9.17, 15) is 10.2 Å². The molecule has 2 nitrogen and oxygen atoms in total. The number of hydrogen-bond donors (Lipinski definition) is 2. The Kier molecular flexibility index (Phi) is 5.34. The smallest absolute Gasteiger partial charge is 0.123 e. The van der Waals surface area contributed by atoms with Gasteiger partial charge < -0.3 is 10.2 Å². The summed E-state index contributed by atoms with van der Waals surface area (Å²) >= 11 is 0. The van der Waals surface area contributed by atoms with Gasteiger partial charge in [0.1, 0.15) is 11.5 Å². The fourth-order valence-electron chi connectivity index (χ4n) is 6.58. The Balaban J connectivity index is 1.69. The number of hydrogen-bond acceptors (Lipinski definition) is 2. The summed E-state index contributed by atoms with van der Waals surface area (Å²) in [5.74, 6) is 1.83. The summed E-state index contributed by atoms with van der Waals surface area (Å²) in [6, 6.07) is 3.93. The average Bonchev–Trinajstić information content (AvgIpc) is 3.14. The summed E-state index contributed by atoms with van der Waals surface area (Å²) in [5, 5.41) is 22.2. The van der Waals surface area contributed by atoms with Crippen LogP contribution in [0.3, 0.4) is 0 Å². The highest BCUT2D eigenvalue weighted by atomic mass is 16.3. The monoisotopic (exact) mass is 394 g/mol. The molecule has 2 N–H and O–H groups in total. The molecular weight excluding hydrogens is 356 g/mol. The molecule has 2 heteroatoms. The molecule has 2 saturated carbocycles. The van der Waals surface area contributed by atoms with E-state index < -0.39 is 0 Å². The third-order valence-electron chi connectivity index (χ3n) is 8.47. The molecule has 0 heterocycles. The van der Waals surface area contributed by atoms with Crippen molar-refractivity contribution < 1.29 is 10.2 Å². The lowest BCUT2D eigenvalue weighted by Gasteiger charge is -2.59. The maximum Gasteiger partial charge on any atom is 0.123 e. The first-order valence-corrected chi connectivity index (χ1v) is 11.7. The number of phenolic OH excluding ortho intramolecular Hbond substituents is 2. The standard InChI is InChI=1S/C27H38O2/c1-5-6-7-8-11-27(12-9-10-13-27)19-15-23(28)25(24(29)16-19)20-14-18(2)21-17-22(20)26(21,3)4/h8,11,14-16,20-22,28-29H,5-7,9-10,12-13,17H2,1-4H3/b11-8-/t20-,21+,22-/m1/s1. The van der Waals surface area contributed by atoms with Crippen molar-refractivity contribution in [3.63, 3.8) is 0 Å². The van der Waals surface area contributed by atoms with Crippen LogP contribution < -0.4 is 0 Å². The molecular formula is C27H38O2. The number of phenols is 2. The summed E-state index contributed by atoms with van der Waals surface area (Å²) in [5.41, 5.74) is 3.46. The molecule has 4 aliphatic rings. The molecule has 4 aliphatic carbocycles. The Labute approximate surface area is 176 Å². The zero-order valence-corrected chi connectivity index (χ0v) is 18.7. The summed E-state index contributed by atoms with van der Waals surface area (Å²) in [7, 11) is 0. The molecule has 1 aromatic carbocycles. The fourth-order valence-corrected chi connectivity index (χ4v) is 6.58. The van der Waals surface area contributed by atoms with Gasteiger partial charge in [-0.2, -0.15) is 0 Å². The van der Waals surface area contributed by atoms with Crippen molar-refractivity contribution in [2.75, 3.05) is 0 Å². The second-order valence-corrected chi connectivity index (χ2v) is 10.5. The Morgan fingerprint density at radius 2 is 1.76 bits per heavy atom. The number of benzene rings is 1. The number of aromatic hydroxyl groups is 2. The molecule has 3 atom stereocenters. The quantitative estimate of drug-likeness (QED) is 0.391. The van der Waals surface area contributed by atoms with Crippen LogP contribution in [-0.4, -0.2) is 10.2 Å². The van der Waals surface area contributed by atoms with E-state index in [4.69, 9.17) is 0 Å². The second kappa shape index (κ2) is 7.52. The fraction of sp³-hybridized carbons (Fsp3) is 0.630. The van der Waals surface area contributed by atoms with Crippen molar-refractivity contribution in [1.29, 1.82) is 0 Å². The highest BCUT2D eigenvalue weighted by Crippen LogP contribution is 2.65. The lowest BCUT2D eigenvalue weighted by molar-refractivity contribution is -0.0198. The van der Waals surface area contributed by atoms with Crippen LogP contribution in [0.5, 0.6) is 11.5 Å². The van der Waals surface area contributed by atoms with Crippen LogP contribution in [-0.2, 0) is 5.41 Å². The van der Waals surface area contributed by atoms with E-state index in [0.717, 1.165) is 30.4 Å². The normalized spacial score (nSPS) is 29.7. The molecule has 0 spiro atoms. The molecule has 2 fully saturated rings. The van der Waals surface area contributed by atoms with Crippen LogP contribution >= 0.6 is 0 Å². The molecule has 5 rings (SSSR count). The van der Waals surface area contributed by atoms with E-state index in [1.807, 2.05) is 12.1 Å². The second-order valence-electron chi connectivity index (χ2n) is 10.5. The van der Waals surface area contributed by atoms with E-state index in [0.29, 0.717) is 11.8 Å². The van der Waals surface area contributed by atoms with Crippen molar-refractivity contribution >= 4 is 0 Å². The first kappa shape index (κ1) is 20.6.